The Morgan fingerprint density at radius 3 is 2.80 bits per heavy atom. The molecule has 4 heteroatoms. The van der Waals surface area contributed by atoms with E-state index in [4.69, 9.17) is 4.74 Å². The number of pyridine rings is 1. The van der Waals surface area contributed by atoms with Crippen LogP contribution < -0.4 is 4.74 Å². The van der Waals surface area contributed by atoms with Gasteiger partial charge in [-0.3, -0.25) is 4.79 Å². The van der Waals surface area contributed by atoms with Gasteiger partial charge in [-0.05, 0) is 40.9 Å². The third-order valence-electron chi connectivity index (χ3n) is 2.49. The van der Waals surface area contributed by atoms with Crippen molar-refractivity contribution in [2.75, 3.05) is 0 Å². The Kier molecular flexibility index (Phi) is 3.36. The van der Waals surface area contributed by atoms with Crippen LogP contribution in [0.3, 0.4) is 0 Å². The molecule has 0 spiro atoms. The largest absolute Gasteiger partial charge is 0.474 e. The quantitative estimate of drug-likeness (QED) is 0.829. The molecule has 1 aliphatic carbocycles. The van der Waals surface area contributed by atoms with Crippen molar-refractivity contribution in [3.8, 4) is 5.88 Å². The fourth-order valence-corrected chi connectivity index (χ4v) is 2.00. The van der Waals surface area contributed by atoms with Crippen LogP contribution in [0.25, 0.3) is 0 Å². The molecular weight excluding hydrogens is 258 g/mol. The van der Waals surface area contributed by atoms with Crippen LogP contribution in [0.2, 0.25) is 0 Å². The number of aromatic nitrogens is 1. The lowest BCUT2D eigenvalue weighted by Crippen LogP contribution is -2.24. The number of rotatable bonds is 2. The van der Waals surface area contributed by atoms with Gasteiger partial charge in [-0.25, -0.2) is 4.98 Å². The molecule has 3 nitrogen and oxygen atoms in total. The average Bonchev–Trinajstić information content (AvgIpc) is 2.25. The molecule has 0 bridgehead atoms. The van der Waals surface area contributed by atoms with E-state index in [0.29, 0.717) is 24.5 Å². The van der Waals surface area contributed by atoms with Crippen LogP contribution >= 0.6 is 15.9 Å². The van der Waals surface area contributed by atoms with Crippen LogP contribution in [0.1, 0.15) is 25.7 Å². The summed E-state index contributed by atoms with van der Waals surface area (Å²) in [4.78, 5) is 15.2. The second-order valence-electron chi connectivity index (χ2n) is 3.65. The van der Waals surface area contributed by atoms with E-state index in [1.54, 1.807) is 6.20 Å². The fourth-order valence-electron chi connectivity index (χ4n) is 1.65. The van der Waals surface area contributed by atoms with Crippen molar-refractivity contribution in [1.29, 1.82) is 0 Å². The summed E-state index contributed by atoms with van der Waals surface area (Å²) in [7, 11) is 0. The van der Waals surface area contributed by atoms with Gasteiger partial charge in [0.25, 0.3) is 0 Å². The van der Waals surface area contributed by atoms with Gasteiger partial charge in [0, 0.05) is 19.0 Å². The molecule has 1 aliphatic rings. The van der Waals surface area contributed by atoms with Gasteiger partial charge in [0.2, 0.25) is 5.88 Å². The SMILES string of the molecule is O=C1CCC(Oc2ncccc2Br)CC1. The number of Topliss-reactive ketones (excluding diaryl/α,β-unsaturated/α-hetero) is 1. The number of hydrogen-bond acceptors (Lipinski definition) is 3. The highest BCUT2D eigenvalue weighted by atomic mass is 79.9. The van der Waals surface area contributed by atoms with E-state index in [-0.39, 0.29) is 6.10 Å². The highest BCUT2D eigenvalue weighted by Crippen LogP contribution is 2.25. The highest BCUT2D eigenvalue weighted by molar-refractivity contribution is 9.10. The van der Waals surface area contributed by atoms with E-state index in [0.717, 1.165) is 17.3 Å². The van der Waals surface area contributed by atoms with E-state index >= 15 is 0 Å². The summed E-state index contributed by atoms with van der Waals surface area (Å²) in [5.74, 6) is 0.965. The number of carbonyl (C=O) groups is 1. The number of carbonyl (C=O) groups excluding carboxylic acids is 1. The van der Waals surface area contributed by atoms with Gasteiger partial charge in [0.1, 0.15) is 11.9 Å². The van der Waals surface area contributed by atoms with Gasteiger partial charge in [-0.2, -0.15) is 0 Å². The molecule has 1 fully saturated rings. The van der Waals surface area contributed by atoms with Crippen LogP contribution in [0.4, 0.5) is 0 Å². The molecule has 0 aromatic carbocycles. The molecule has 80 valence electrons. The molecule has 0 radical (unpaired) electrons. The maximum absolute atomic E-state index is 11.0. The van der Waals surface area contributed by atoms with Crippen LogP contribution in [-0.2, 0) is 4.79 Å². The number of hydrogen-bond donors (Lipinski definition) is 0. The van der Waals surface area contributed by atoms with Crippen molar-refractivity contribution in [2.24, 2.45) is 0 Å². The second kappa shape index (κ2) is 4.75. The number of nitrogens with zero attached hydrogens (tertiary/aromatic N) is 1. The Hall–Kier alpha value is -0.900. The summed E-state index contributed by atoms with van der Waals surface area (Å²) in [6.07, 6.45) is 4.72. The molecule has 0 aliphatic heterocycles. The predicted octanol–water partition coefficient (Wildman–Crippen LogP) is 2.73. The van der Waals surface area contributed by atoms with Crippen molar-refractivity contribution >= 4 is 21.7 Å². The monoisotopic (exact) mass is 269 g/mol. The summed E-state index contributed by atoms with van der Waals surface area (Å²) in [5, 5.41) is 0. The molecule has 0 unspecified atom stereocenters. The number of halogens is 1. The Morgan fingerprint density at radius 1 is 1.40 bits per heavy atom. The average molecular weight is 270 g/mol. The van der Waals surface area contributed by atoms with Gasteiger partial charge in [0.05, 0.1) is 4.47 Å². The van der Waals surface area contributed by atoms with Gasteiger partial charge >= 0.3 is 0 Å². The van der Waals surface area contributed by atoms with Crippen LogP contribution in [-0.4, -0.2) is 16.9 Å². The third kappa shape index (κ3) is 2.78. The summed E-state index contributed by atoms with van der Waals surface area (Å²) >= 11 is 3.38. The Labute approximate surface area is 97.0 Å². The molecule has 0 atom stereocenters. The van der Waals surface area contributed by atoms with Gasteiger partial charge in [0.15, 0.2) is 0 Å². The molecule has 0 amide bonds. The second-order valence-corrected chi connectivity index (χ2v) is 4.50. The van der Waals surface area contributed by atoms with Crippen molar-refractivity contribution in [3.05, 3.63) is 22.8 Å². The molecule has 0 N–H and O–H groups in total. The van der Waals surface area contributed by atoms with Crippen molar-refractivity contribution in [3.63, 3.8) is 0 Å². The van der Waals surface area contributed by atoms with Gasteiger partial charge < -0.3 is 4.74 Å². The van der Waals surface area contributed by atoms with Gasteiger partial charge in [-0.1, -0.05) is 0 Å². The summed E-state index contributed by atoms with van der Waals surface area (Å²) in [5.41, 5.74) is 0. The Morgan fingerprint density at radius 2 is 2.13 bits per heavy atom. The van der Waals surface area contributed by atoms with Crippen molar-refractivity contribution in [2.45, 2.75) is 31.8 Å². The molecule has 1 heterocycles. The molecule has 15 heavy (non-hydrogen) atoms. The first-order valence-corrected chi connectivity index (χ1v) is 5.84. The molecule has 1 saturated carbocycles. The minimum Gasteiger partial charge on any atom is -0.474 e. The van der Waals surface area contributed by atoms with Crippen LogP contribution in [0.15, 0.2) is 22.8 Å². The standard InChI is InChI=1S/C11H12BrNO2/c12-10-2-1-7-13-11(10)15-9-5-3-8(14)4-6-9/h1-2,7,9H,3-6H2. The normalized spacial score (nSPS) is 17.8. The first-order chi connectivity index (χ1) is 7.25. The van der Waals surface area contributed by atoms with Crippen molar-refractivity contribution in [1.82, 2.24) is 4.98 Å². The molecule has 1 aromatic rings. The first-order valence-electron chi connectivity index (χ1n) is 5.04. The maximum atomic E-state index is 11.0. The minimum absolute atomic E-state index is 0.133. The Balaban J connectivity index is 1.97. The van der Waals surface area contributed by atoms with E-state index in [2.05, 4.69) is 20.9 Å². The summed E-state index contributed by atoms with van der Waals surface area (Å²) < 4.78 is 6.59. The molecule has 2 rings (SSSR count). The molecule has 0 saturated heterocycles. The Bertz CT molecular complexity index is 357. The van der Waals surface area contributed by atoms with Crippen LogP contribution in [0.5, 0.6) is 5.88 Å². The fraction of sp³-hybridized carbons (Fsp3) is 0.455. The van der Waals surface area contributed by atoms with Crippen molar-refractivity contribution < 1.29 is 9.53 Å². The molecule has 1 aromatic heterocycles. The lowest BCUT2D eigenvalue weighted by molar-refractivity contribution is -0.121. The topological polar surface area (TPSA) is 39.2 Å². The van der Waals surface area contributed by atoms with E-state index < -0.39 is 0 Å². The highest BCUT2D eigenvalue weighted by Gasteiger charge is 2.20. The summed E-state index contributed by atoms with van der Waals surface area (Å²) in [6.45, 7) is 0. The van der Waals surface area contributed by atoms with E-state index in [1.165, 1.54) is 0 Å². The lowest BCUT2D eigenvalue weighted by atomic mass is 9.96. The van der Waals surface area contributed by atoms with Gasteiger partial charge in [-0.15, -0.1) is 0 Å². The lowest BCUT2D eigenvalue weighted by Gasteiger charge is -2.22. The van der Waals surface area contributed by atoms with Crippen LogP contribution in [0, 0.1) is 0 Å². The third-order valence-corrected chi connectivity index (χ3v) is 3.10. The first kappa shape index (κ1) is 10.6. The number of ketones is 1. The van der Waals surface area contributed by atoms with E-state index in [9.17, 15) is 4.79 Å². The zero-order chi connectivity index (χ0) is 10.7. The smallest absolute Gasteiger partial charge is 0.228 e. The predicted molar refractivity (Wildman–Crippen MR) is 59.8 cm³/mol. The summed E-state index contributed by atoms with van der Waals surface area (Å²) in [6, 6.07) is 3.75. The maximum Gasteiger partial charge on any atom is 0.228 e. The minimum atomic E-state index is 0.133. The zero-order valence-electron chi connectivity index (χ0n) is 8.28. The van der Waals surface area contributed by atoms with E-state index in [1.807, 2.05) is 12.1 Å². The number of ether oxygens (including phenoxy) is 1. The molecular formula is C11H12BrNO2. The zero-order valence-corrected chi connectivity index (χ0v) is 9.87.